The molecule has 0 aliphatic rings. The lowest BCUT2D eigenvalue weighted by Gasteiger charge is -2.25. The summed E-state index contributed by atoms with van der Waals surface area (Å²) in [4.78, 5) is 14.1. The molecule has 0 saturated heterocycles. The van der Waals surface area contributed by atoms with E-state index in [-0.39, 0.29) is 22.6 Å². The molecule has 0 spiro atoms. The molecule has 0 aromatic heterocycles. The van der Waals surface area contributed by atoms with Crippen molar-refractivity contribution >= 4 is 16.1 Å². The van der Waals surface area contributed by atoms with Crippen LogP contribution in [0.5, 0.6) is 5.75 Å². The number of nitrogens with one attached hydrogen (secondary N) is 1. The molecule has 0 bridgehead atoms. The first-order valence-corrected chi connectivity index (χ1v) is 11.4. The summed E-state index contributed by atoms with van der Waals surface area (Å²) in [5.74, 6) is -0.119. The van der Waals surface area contributed by atoms with E-state index in [1.54, 1.807) is 17.0 Å². The zero-order valence-corrected chi connectivity index (χ0v) is 18.4. The van der Waals surface area contributed by atoms with Gasteiger partial charge in [0.2, 0.25) is 0 Å². The first-order valence-electron chi connectivity index (χ1n) is 10.0. The number of carbonyl (C=O) groups is 1. The molecule has 0 fully saturated rings. The quantitative estimate of drug-likeness (QED) is 0.438. The van der Waals surface area contributed by atoms with Crippen LogP contribution in [0.2, 0.25) is 0 Å². The van der Waals surface area contributed by atoms with E-state index in [2.05, 4.69) is 12.2 Å². The third-order valence-electron chi connectivity index (χ3n) is 4.26. The summed E-state index contributed by atoms with van der Waals surface area (Å²) in [6.45, 7) is 7.62. The molecule has 164 valence electrons. The standard InChI is InChI=1S/C22H29FN2O4S/c1-4-5-13-24-22(26)25(15-17(2)3)16-18-7-6-8-20(14-18)29-30(27,28)21-11-9-19(23)10-12-21/h6-12,14,17H,4-5,13,15-16H2,1-3H3,(H,24,26). The van der Waals surface area contributed by atoms with Gasteiger partial charge in [-0.15, -0.1) is 0 Å². The van der Waals surface area contributed by atoms with E-state index in [1.807, 2.05) is 19.9 Å². The lowest BCUT2D eigenvalue weighted by Crippen LogP contribution is -2.41. The summed E-state index contributed by atoms with van der Waals surface area (Å²) in [5.41, 5.74) is 0.744. The van der Waals surface area contributed by atoms with Crippen molar-refractivity contribution in [3.63, 3.8) is 0 Å². The normalized spacial score (nSPS) is 11.4. The Kier molecular flexibility index (Phi) is 8.65. The van der Waals surface area contributed by atoms with Gasteiger partial charge in [-0.05, 0) is 54.3 Å². The minimum atomic E-state index is -4.09. The van der Waals surface area contributed by atoms with Gasteiger partial charge >= 0.3 is 16.1 Å². The maximum absolute atomic E-state index is 13.1. The van der Waals surface area contributed by atoms with Crippen LogP contribution in [-0.2, 0) is 16.7 Å². The van der Waals surface area contributed by atoms with Gasteiger partial charge in [-0.25, -0.2) is 9.18 Å². The van der Waals surface area contributed by atoms with E-state index in [4.69, 9.17) is 4.18 Å². The number of hydrogen-bond acceptors (Lipinski definition) is 4. The molecule has 2 amide bonds. The second-order valence-corrected chi connectivity index (χ2v) is 9.04. The van der Waals surface area contributed by atoms with E-state index in [0.29, 0.717) is 19.6 Å². The fourth-order valence-corrected chi connectivity index (χ4v) is 3.76. The molecule has 0 saturated carbocycles. The van der Waals surface area contributed by atoms with Crippen LogP contribution < -0.4 is 9.50 Å². The van der Waals surface area contributed by atoms with Gasteiger partial charge in [-0.1, -0.05) is 39.3 Å². The highest BCUT2D eigenvalue weighted by Gasteiger charge is 2.18. The monoisotopic (exact) mass is 436 g/mol. The van der Waals surface area contributed by atoms with Crippen LogP contribution in [0, 0.1) is 11.7 Å². The summed E-state index contributed by atoms with van der Waals surface area (Å²) >= 11 is 0. The Bertz CT molecular complexity index is 930. The second-order valence-electron chi connectivity index (χ2n) is 7.50. The SMILES string of the molecule is CCCCNC(=O)N(Cc1cccc(OS(=O)(=O)c2ccc(F)cc2)c1)CC(C)C. The summed E-state index contributed by atoms with van der Waals surface area (Å²) in [7, 11) is -4.09. The number of hydrogen-bond donors (Lipinski definition) is 1. The van der Waals surface area contributed by atoms with E-state index < -0.39 is 15.9 Å². The Balaban J connectivity index is 2.13. The Morgan fingerprint density at radius 1 is 1.17 bits per heavy atom. The third kappa shape index (κ3) is 7.33. The minimum absolute atomic E-state index is 0.132. The predicted molar refractivity (Wildman–Crippen MR) is 114 cm³/mol. The van der Waals surface area contributed by atoms with Gasteiger partial charge in [-0.2, -0.15) is 8.42 Å². The van der Waals surface area contributed by atoms with Crippen molar-refractivity contribution in [1.82, 2.24) is 10.2 Å². The van der Waals surface area contributed by atoms with Crippen LogP contribution >= 0.6 is 0 Å². The fraction of sp³-hybridized carbons (Fsp3) is 0.409. The van der Waals surface area contributed by atoms with Gasteiger partial charge in [0.15, 0.2) is 0 Å². The number of halogens is 1. The molecule has 1 N–H and O–H groups in total. The number of urea groups is 1. The molecule has 0 atom stereocenters. The number of carbonyl (C=O) groups excluding carboxylic acids is 1. The van der Waals surface area contributed by atoms with Crippen molar-refractivity contribution in [1.29, 1.82) is 0 Å². The summed E-state index contributed by atoms with van der Waals surface area (Å²) in [6.07, 6.45) is 1.90. The summed E-state index contributed by atoms with van der Waals surface area (Å²) in [5, 5.41) is 2.92. The summed E-state index contributed by atoms with van der Waals surface area (Å²) < 4.78 is 43.1. The number of rotatable bonds is 10. The zero-order valence-electron chi connectivity index (χ0n) is 17.6. The van der Waals surface area contributed by atoms with Gasteiger partial charge in [0, 0.05) is 19.6 Å². The molecule has 0 aliphatic carbocycles. The average molecular weight is 437 g/mol. The Morgan fingerprint density at radius 3 is 2.50 bits per heavy atom. The smallest absolute Gasteiger partial charge is 0.339 e. The van der Waals surface area contributed by atoms with Gasteiger partial charge in [0.05, 0.1) is 0 Å². The molecule has 30 heavy (non-hydrogen) atoms. The molecule has 8 heteroatoms. The van der Waals surface area contributed by atoms with E-state index in [1.165, 1.54) is 6.07 Å². The fourth-order valence-electron chi connectivity index (χ4n) is 2.84. The average Bonchev–Trinajstić information content (AvgIpc) is 2.67. The molecular formula is C22H29FN2O4S. The molecule has 2 rings (SSSR count). The molecule has 6 nitrogen and oxygen atoms in total. The number of benzene rings is 2. The van der Waals surface area contributed by atoms with Gasteiger partial charge in [0.1, 0.15) is 16.5 Å². The highest BCUT2D eigenvalue weighted by Crippen LogP contribution is 2.21. The van der Waals surface area contributed by atoms with Crippen LogP contribution in [-0.4, -0.2) is 32.4 Å². The van der Waals surface area contributed by atoms with Crippen molar-refractivity contribution in [3.8, 4) is 5.75 Å². The Morgan fingerprint density at radius 2 is 1.87 bits per heavy atom. The second kappa shape index (κ2) is 11.0. The Labute approximate surface area is 178 Å². The molecule has 0 radical (unpaired) electrons. The molecule has 0 heterocycles. The minimum Gasteiger partial charge on any atom is -0.379 e. The predicted octanol–water partition coefficient (Wildman–Crippen LogP) is 4.56. The van der Waals surface area contributed by atoms with Crippen LogP contribution in [0.1, 0.15) is 39.2 Å². The highest BCUT2D eigenvalue weighted by molar-refractivity contribution is 7.87. The lowest BCUT2D eigenvalue weighted by molar-refractivity contribution is 0.187. The van der Waals surface area contributed by atoms with Gasteiger partial charge in [-0.3, -0.25) is 0 Å². The third-order valence-corrected chi connectivity index (χ3v) is 5.52. The first kappa shape index (κ1) is 23.7. The zero-order chi connectivity index (χ0) is 22.1. The largest absolute Gasteiger partial charge is 0.379 e. The lowest BCUT2D eigenvalue weighted by atomic mass is 10.1. The van der Waals surface area contributed by atoms with Crippen LogP contribution in [0.25, 0.3) is 0 Å². The van der Waals surface area contributed by atoms with Crippen LogP contribution in [0.15, 0.2) is 53.4 Å². The van der Waals surface area contributed by atoms with Gasteiger partial charge in [0.25, 0.3) is 0 Å². The number of nitrogens with zero attached hydrogens (tertiary/aromatic N) is 1. The Hall–Kier alpha value is -2.61. The van der Waals surface area contributed by atoms with Crippen molar-refractivity contribution in [2.24, 2.45) is 5.92 Å². The van der Waals surface area contributed by atoms with E-state index in [0.717, 1.165) is 42.7 Å². The van der Waals surface area contributed by atoms with Crippen molar-refractivity contribution in [2.45, 2.75) is 45.1 Å². The van der Waals surface area contributed by atoms with E-state index in [9.17, 15) is 17.6 Å². The molecule has 0 aliphatic heterocycles. The number of amides is 2. The highest BCUT2D eigenvalue weighted by atomic mass is 32.2. The molecule has 2 aromatic rings. The van der Waals surface area contributed by atoms with Crippen molar-refractivity contribution < 1.29 is 21.8 Å². The molecular weight excluding hydrogens is 407 g/mol. The molecule has 0 unspecified atom stereocenters. The molecule has 2 aromatic carbocycles. The number of unbranched alkanes of at least 4 members (excludes halogenated alkanes) is 1. The topological polar surface area (TPSA) is 75.7 Å². The van der Waals surface area contributed by atoms with Crippen molar-refractivity contribution in [3.05, 3.63) is 59.9 Å². The van der Waals surface area contributed by atoms with Crippen molar-refractivity contribution in [2.75, 3.05) is 13.1 Å². The maximum atomic E-state index is 13.1. The van der Waals surface area contributed by atoms with E-state index >= 15 is 0 Å². The maximum Gasteiger partial charge on any atom is 0.339 e. The first-order chi connectivity index (χ1) is 14.2. The van der Waals surface area contributed by atoms with Crippen LogP contribution in [0.3, 0.4) is 0 Å². The van der Waals surface area contributed by atoms with Crippen LogP contribution in [0.4, 0.5) is 9.18 Å². The van der Waals surface area contributed by atoms with Gasteiger partial charge < -0.3 is 14.4 Å². The summed E-state index contributed by atoms with van der Waals surface area (Å²) in [6, 6.07) is 10.9.